The zero-order valence-electron chi connectivity index (χ0n) is 11.7. The standard InChI is InChI=1S/C15H21BrN2O2/c1-11(13-4-2-3-5-14(13)16)18-15(19)10-20-12-6-8-17-9-7-12/h2-5,11-12,17H,6-10H2,1H3,(H,18,19)/t11-/m1/s1. The minimum absolute atomic E-state index is 0.0327. The first-order valence-electron chi connectivity index (χ1n) is 7.03. The van der Waals surface area contributed by atoms with Crippen LogP contribution in [0.25, 0.3) is 0 Å². The number of piperidine rings is 1. The third-order valence-corrected chi connectivity index (χ3v) is 4.21. The van der Waals surface area contributed by atoms with Crippen molar-refractivity contribution in [2.45, 2.75) is 31.9 Å². The minimum Gasteiger partial charge on any atom is -0.368 e. The van der Waals surface area contributed by atoms with Crippen LogP contribution in [0.2, 0.25) is 0 Å². The van der Waals surface area contributed by atoms with Crippen molar-refractivity contribution in [2.24, 2.45) is 0 Å². The molecule has 0 saturated carbocycles. The second kappa shape index (κ2) is 7.76. The SMILES string of the molecule is C[C@@H](NC(=O)COC1CCNCC1)c1ccccc1Br. The zero-order chi connectivity index (χ0) is 14.4. The predicted octanol–water partition coefficient (Wildman–Crippen LogP) is 2.39. The number of hydrogen-bond donors (Lipinski definition) is 2. The van der Waals surface area contributed by atoms with Crippen LogP contribution in [0.5, 0.6) is 0 Å². The Balaban J connectivity index is 1.77. The molecule has 1 aromatic carbocycles. The van der Waals surface area contributed by atoms with Gasteiger partial charge in [-0.3, -0.25) is 4.79 Å². The average molecular weight is 341 g/mol. The van der Waals surface area contributed by atoms with Crippen molar-refractivity contribution in [1.82, 2.24) is 10.6 Å². The molecule has 1 heterocycles. The maximum Gasteiger partial charge on any atom is 0.246 e. The van der Waals surface area contributed by atoms with Crippen LogP contribution in [0.4, 0.5) is 0 Å². The van der Waals surface area contributed by atoms with E-state index >= 15 is 0 Å². The Bertz CT molecular complexity index is 447. The number of nitrogens with one attached hydrogen (secondary N) is 2. The molecule has 1 atom stereocenters. The Kier molecular flexibility index (Phi) is 6.01. The summed E-state index contributed by atoms with van der Waals surface area (Å²) < 4.78 is 6.65. The van der Waals surface area contributed by atoms with Gasteiger partial charge < -0.3 is 15.4 Å². The van der Waals surface area contributed by atoms with Gasteiger partial charge in [0, 0.05) is 4.47 Å². The molecule has 1 amide bonds. The number of ether oxygens (including phenoxy) is 1. The summed E-state index contributed by atoms with van der Waals surface area (Å²) in [5.41, 5.74) is 1.07. The van der Waals surface area contributed by atoms with Crippen molar-refractivity contribution in [3.63, 3.8) is 0 Å². The number of carbonyl (C=O) groups excluding carboxylic acids is 1. The molecule has 2 rings (SSSR count). The molecular formula is C15H21BrN2O2. The highest BCUT2D eigenvalue weighted by Gasteiger charge is 2.16. The molecule has 0 bridgehead atoms. The maximum atomic E-state index is 11.9. The monoisotopic (exact) mass is 340 g/mol. The Hall–Kier alpha value is -0.910. The molecule has 1 fully saturated rings. The molecule has 1 aliphatic heterocycles. The van der Waals surface area contributed by atoms with Gasteiger partial charge in [-0.1, -0.05) is 34.1 Å². The first-order valence-corrected chi connectivity index (χ1v) is 7.82. The van der Waals surface area contributed by atoms with Crippen LogP contribution in [0.1, 0.15) is 31.4 Å². The summed E-state index contributed by atoms with van der Waals surface area (Å²) in [6, 6.07) is 7.87. The number of hydrogen-bond acceptors (Lipinski definition) is 3. The summed E-state index contributed by atoms with van der Waals surface area (Å²) >= 11 is 3.50. The molecule has 0 aliphatic carbocycles. The third kappa shape index (κ3) is 4.58. The van der Waals surface area contributed by atoms with Crippen molar-refractivity contribution in [2.75, 3.05) is 19.7 Å². The molecular weight excluding hydrogens is 320 g/mol. The van der Waals surface area contributed by atoms with Crippen molar-refractivity contribution in [3.05, 3.63) is 34.3 Å². The van der Waals surface area contributed by atoms with Gasteiger partial charge in [0.05, 0.1) is 12.1 Å². The molecule has 0 unspecified atom stereocenters. The number of halogens is 1. The fourth-order valence-corrected chi connectivity index (χ4v) is 2.97. The summed E-state index contributed by atoms with van der Waals surface area (Å²) in [5.74, 6) is -0.0632. The highest BCUT2D eigenvalue weighted by Crippen LogP contribution is 2.22. The topological polar surface area (TPSA) is 50.4 Å². The molecule has 0 aromatic heterocycles. The second-order valence-corrected chi connectivity index (χ2v) is 5.93. The van der Waals surface area contributed by atoms with Gasteiger partial charge in [0.2, 0.25) is 5.91 Å². The van der Waals surface area contributed by atoms with E-state index in [-0.39, 0.29) is 24.7 Å². The summed E-state index contributed by atoms with van der Waals surface area (Å²) in [6.45, 7) is 4.06. The van der Waals surface area contributed by atoms with Crippen LogP contribution in [0.15, 0.2) is 28.7 Å². The van der Waals surface area contributed by atoms with Crippen molar-refractivity contribution in [3.8, 4) is 0 Å². The summed E-state index contributed by atoms with van der Waals surface area (Å²) in [6.07, 6.45) is 2.17. The third-order valence-electron chi connectivity index (χ3n) is 3.49. The fraction of sp³-hybridized carbons (Fsp3) is 0.533. The largest absolute Gasteiger partial charge is 0.368 e. The lowest BCUT2D eigenvalue weighted by Crippen LogP contribution is -2.36. The molecule has 1 saturated heterocycles. The lowest BCUT2D eigenvalue weighted by atomic mass is 10.1. The van der Waals surface area contributed by atoms with E-state index in [0.717, 1.165) is 36.0 Å². The number of benzene rings is 1. The summed E-state index contributed by atoms with van der Waals surface area (Å²) in [5, 5.41) is 6.24. The first kappa shape index (κ1) is 15.5. The molecule has 2 N–H and O–H groups in total. The van der Waals surface area contributed by atoms with Crippen molar-refractivity contribution < 1.29 is 9.53 Å². The van der Waals surface area contributed by atoms with Crippen LogP contribution in [0.3, 0.4) is 0 Å². The van der Waals surface area contributed by atoms with Crippen molar-refractivity contribution in [1.29, 1.82) is 0 Å². The van der Waals surface area contributed by atoms with E-state index in [2.05, 4.69) is 26.6 Å². The van der Waals surface area contributed by atoms with Crippen LogP contribution < -0.4 is 10.6 Å². The van der Waals surface area contributed by atoms with E-state index < -0.39 is 0 Å². The van der Waals surface area contributed by atoms with Crippen molar-refractivity contribution >= 4 is 21.8 Å². The highest BCUT2D eigenvalue weighted by atomic mass is 79.9. The Morgan fingerprint density at radius 2 is 2.15 bits per heavy atom. The van der Waals surface area contributed by atoms with Gasteiger partial charge >= 0.3 is 0 Å². The normalized spacial score (nSPS) is 17.7. The van der Waals surface area contributed by atoms with Gasteiger partial charge in [0.25, 0.3) is 0 Å². The molecule has 0 spiro atoms. The smallest absolute Gasteiger partial charge is 0.246 e. The first-order chi connectivity index (χ1) is 9.66. The number of carbonyl (C=O) groups is 1. The summed E-state index contributed by atoms with van der Waals surface area (Å²) in [7, 11) is 0. The predicted molar refractivity (Wildman–Crippen MR) is 82.5 cm³/mol. The number of rotatable bonds is 5. The Morgan fingerprint density at radius 3 is 2.85 bits per heavy atom. The quantitative estimate of drug-likeness (QED) is 0.865. The van der Waals surface area contributed by atoms with Crippen LogP contribution in [-0.2, 0) is 9.53 Å². The van der Waals surface area contributed by atoms with E-state index in [1.807, 2.05) is 31.2 Å². The van der Waals surface area contributed by atoms with E-state index in [9.17, 15) is 4.79 Å². The zero-order valence-corrected chi connectivity index (χ0v) is 13.3. The van der Waals surface area contributed by atoms with Gasteiger partial charge in [-0.15, -0.1) is 0 Å². The van der Waals surface area contributed by atoms with Gasteiger partial charge in [0.1, 0.15) is 6.61 Å². The van der Waals surface area contributed by atoms with Crippen LogP contribution >= 0.6 is 15.9 Å². The Morgan fingerprint density at radius 1 is 1.45 bits per heavy atom. The second-order valence-electron chi connectivity index (χ2n) is 5.07. The Labute approximate surface area is 128 Å². The molecule has 20 heavy (non-hydrogen) atoms. The molecule has 1 aromatic rings. The van der Waals surface area contributed by atoms with E-state index in [1.54, 1.807) is 0 Å². The average Bonchev–Trinajstić information content (AvgIpc) is 2.46. The molecule has 0 radical (unpaired) electrons. The molecule has 110 valence electrons. The lowest BCUT2D eigenvalue weighted by molar-refractivity contribution is -0.128. The molecule has 4 nitrogen and oxygen atoms in total. The number of amides is 1. The van der Waals surface area contributed by atoms with Gasteiger partial charge in [-0.25, -0.2) is 0 Å². The van der Waals surface area contributed by atoms with E-state index in [1.165, 1.54) is 0 Å². The van der Waals surface area contributed by atoms with Gasteiger partial charge in [0.15, 0.2) is 0 Å². The lowest BCUT2D eigenvalue weighted by Gasteiger charge is -2.23. The van der Waals surface area contributed by atoms with E-state index in [0.29, 0.717) is 0 Å². The van der Waals surface area contributed by atoms with Crippen LogP contribution in [-0.4, -0.2) is 31.7 Å². The van der Waals surface area contributed by atoms with Gasteiger partial charge in [-0.2, -0.15) is 0 Å². The van der Waals surface area contributed by atoms with E-state index in [4.69, 9.17) is 4.74 Å². The minimum atomic E-state index is -0.0632. The molecule has 5 heteroatoms. The molecule has 1 aliphatic rings. The highest BCUT2D eigenvalue weighted by molar-refractivity contribution is 9.10. The van der Waals surface area contributed by atoms with Crippen LogP contribution in [0, 0.1) is 0 Å². The fourth-order valence-electron chi connectivity index (χ4n) is 2.34. The maximum absolute atomic E-state index is 11.9. The summed E-state index contributed by atoms with van der Waals surface area (Å²) in [4.78, 5) is 11.9. The van der Waals surface area contributed by atoms with Gasteiger partial charge in [-0.05, 0) is 44.5 Å².